The third kappa shape index (κ3) is 8.19. The molecule has 1 aromatic rings. The molecule has 0 unspecified atom stereocenters. The van der Waals surface area contributed by atoms with E-state index in [-0.39, 0.29) is 12.3 Å². The van der Waals surface area contributed by atoms with E-state index in [0.29, 0.717) is 30.6 Å². The molecule has 0 spiro atoms. The van der Waals surface area contributed by atoms with Gasteiger partial charge in [-0.3, -0.25) is 9.59 Å². The highest BCUT2D eigenvalue weighted by molar-refractivity contribution is 5.97. The second-order valence-corrected chi connectivity index (χ2v) is 5.93. The van der Waals surface area contributed by atoms with Crippen LogP contribution in [0, 0.1) is 5.92 Å². The van der Waals surface area contributed by atoms with E-state index >= 15 is 0 Å². The zero-order valence-electron chi connectivity index (χ0n) is 15.3. The smallest absolute Gasteiger partial charge is 0.249 e. The van der Waals surface area contributed by atoms with E-state index in [1.165, 1.54) is 6.21 Å². The van der Waals surface area contributed by atoms with Crippen molar-refractivity contribution in [2.24, 2.45) is 11.0 Å². The first-order valence-corrected chi connectivity index (χ1v) is 8.35. The first-order chi connectivity index (χ1) is 12.0. The van der Waals surface area contributed by atoms with Crippen LogP contribution in [0.3, 0.4) is 0 Å². The highest BCUT2D eigenvalue weighted by Crippen LogP contribution is 2.27. The molecule has 0 atom stereocenters. The first-order valence-electron chi connectivity index (χ1n) is 8.35. The largest absolute Gasteiger partial charge is 0.493 e. The minimum Gasteiger partial charge on any atom is -0.493 e. The van der Waals surface area contributed by atoms with Crippen LogP contribution < -0.4 is 20.2 Å². The lowest BCUT2D eigenvalue weighted by Crippen LogP contribution is -2.32. The molecular formula is C18H27N3O4. The van der Waals surface area contributed by atoms with Crippen LogP contribution in [0.15, 0.2) is 23.3 Å². The molecular weight excluding hydrogens is 322 g/mol. The Bertz CT molecular complexity index is 600. The summed E-state index contributed by atoms with van der Waals surface area (Å²) < 4.78 is 10.9. The Labute approximate surface area is 148 Å². The van der Waals surface area contributed by atoms with Crippen LogP contribution >= 0.6 is 0 Å². The monoisotopic (exact) mass is 349 g/mol. The molecule has 0 radical (unpaired) electrons. The van der Waals surface area contributed by atoms with Crippen LogP contribution in [-0.2, 0) is 9.59 Å². The number of carbonyl (C=O) groups excluding carboxylic acids is 2. The van der Waals surface area contributed by atoms with Gasteiger partial charge < -0.3 is 14.8 Å². The van der Waals surface area contributed by atoms with Gasteiger partial charge in [0.1, 0.15) is 6.42 Å². The number of amides is 2. The number of ether oxygens (including phenoxy) is 2. The number of benzene rings is 1. The summed E-state index contributed by atoms with van der Waals surface area (Å²) in [5.41, 5.74) is 3.07. The van der Waals surface area contributed by atoms with Crippen molar-refractivity contribution in [2.45, 2.75) is 33.6 Å². The molecule has 0 aliphatic heterocycles. The Kier molecular flexibility index (Phi) is 9.06. The molecule has 0 aliphatic carbocycles. The molecule has 0 fully saturated rings. The minimum absolute atomic E-state index is 0.253. The van der Waals surface area contributed by atoms with Crippen molar-refractivity contribution in [3.8, 4) is 11.5 Å². The molecule has 1 rings (SSSR count). The zero-order valence-corrected chi connectivity index (χ0v) is 15.3. The Hall–Kier alpha value is -2.57. The van der Waals surface area contributed by atoms with Gasteiger partial charge in [-0.1, -0.05) is 20.8 Å². The number of carbonyl (C=O) groups is 2. The standard InChI is InChI=1S/C18H27N3O4/c1-5-8-25-15-7-6-14(9-16(15)24-4)12-20-21-18(23)10-17(22)19-11-13(2)3/h6-7,9,12-13H,5,8,10-11H2,1-4H3,(H,19,22)(H,21,23)/b20-12-. The number of nitrogens with one attached hydrogen (secondary N) is 2. The fourth-order valence-electron chi connectivity index (χ4n) is 1.84. The maximum absolute atomic E-state index is 11.7. The van der Waals surface area contributed by atoms with E-state index in [2.05, 4.69) is 15.8 Å². The Morgan fingerprint density at radius 1 is 1.24 bits per heavy atom. The first kappa shape index (κ1) is 20.5. The minimum atomic E-state index is -0.465. The molecule has 0 bridgehead atoms. The van der Waals surface area contributed by atoms with Gasteiger partial charge in [-0.25, -0.2) is 5.43 Å². The molecule has 0 saturated carbocycles. The van der Waals surface area contributed by atoms with Gasteiger partial charge >= 0.3 is 0 Å². The van der Waals surface area contributed by atoms with E-state index in [9.17, 15) is 9.59 Å². The van der Waals surface area contributed by atoms with Gasteiger partial charge in [-0.2, -0.15) is 5.10 Å². The summed E-state index contributed by atoms with van der Waals surface area (Å²) in [5, 5.41) is 6.53. The maximum atomic E-state index is 11.7. The summed E-state index contributed by atoms with van der Waals surface area (Å²) in [4.78, 5) is 23.2. The Morgan fingerprint density at radius 2 is 2.00 bits per heavy atom. The molecule has 138 valence electrons. The van der Waals surface area contributed by atoms with E-state index in [4.69, 9.17) is 9.47 Å². The lowest BCUT2D eigenvalue weighted by atomic mass is 10.2. The van der Waals surface area contributed by atoms with Gasteiger partial charge in [0.15, 0.2) is 11.5 Å². The molecule has 0 aromatic heterocycles. The van der Waals surface area contributed by atoms with Gasteiger partial charge in [0, 0.05) is 6.54 Å². The number of hydrazone groups is 1. The summed E-state index contributed by atoms with van der Waals surface area (Å²) in [7, 11) is 1.56. The van der Waals surface area contributed by atoms with Crippen molar-refractivity contribution in [3.05, 3.63) is 23.8 Å². The van der Waals surface area contributed by atoms with Crippen LogP contribution in [0.5, 0.6) is 11.5 Å². The maximum Gasteiger partial charge on any atom is 0.249 e. The van der Waals surface area contributed by atoms with Crippen LogP contribution in [0.2, 0.25) is 0 Å². The zero-order chi connectivity index (χ0) is 18.7. The van der Waals surface area contributed by atoms with Gasteiger partial charge in [-0.15, -0.1) is 0 Å². The number of hydrogen-bond acceptors (Lipinski definition) is 5. The molecule has 0 heterocycles. The number of methoxy groups -OCH3 is 1. The van der Waals surface area contributed by atoms with Crippen molar-refractivity contribution in [1.82, 2.24) is 10.7 Å². The third-order valence-corrected chi connectivity index (χ3v) is 3.08. The average molecular weight is 349 g/mol. The lowest BCUT2D eigenvalue weighted by Gasteiger charge is -2.10. The van der Waals surface area contributed by atoms with Crippen molar-refractivity contribution < 1.29 is 19.1 Å². The summed E-state index contributed by atoms with van der Waals surface area (Å²) in [5.74, 6) is 0.807. The van der Waals surface area contributed by atoms with Crippen molar-refractivity contribution in [3.63, 3.8) is 0 Å². The predicted octanol–water partition coefficient (Wildman–Crippen LogP) is 2.10. The number of hydrogen-bond donors (Lipinski definition) is 2. The van der Waals surface area contributed by atoms with E-state index in [0.717, 1.165) is 12.0 Å². The topological polar surface area (TPSA) is 89.0 Å². The van der Waals surface area contributed by atoms with Crippen molar-refractivity contribution >= 4 is 18.0 Å². The summed E-state index contributed by atoms with van der Waals surface area (Å²) in [6.07, 6.45) is 2.14. The van der Waals surface area contributed by atoms with Crippen LogP contribution in [0.25, 0.3) is 0 Å². The fourth-order valence-corrected chi connectivity index (χ4v) is 1.84. The highest BCUT2D eigenvalue weighted by Gasteiger charge is 2.09. The van der Waals surface area contributed by atoms with Gasteiger partial charge in [0.05, 0.1) is 19.9 Å². The van der Waals surface area contributed by atoms with E-state index in [1.807, 2.05) is 20.8 Å². The summed E-state index contributed by atoms with van der Waals surface area (Å²) in [6.45, 7) is 7.15. The molecule has 0 saturated heterocycles. The number of rotatable bonds is 10. The van der Waals surface area contributed by atoms with Gasteiger partial charge in [0.2, 0.25) is 11.8 Å². The number of nitrogens with zero attached hydrogens (tertiary/aromatic N) is 1. The fraction of sp³-hybridized carbons (Fsp3) is 0.500. The SMILES string of the molecule is CCCOc1ccc(/C=N\NC(=O)CC(=O)NCC(C)C)cc1OC. The van der Waals surface area contributed by atoms with E-state index < -0.39 is 5.91 Å². The Morgan fingerprint density at radius 3 is 2.64 bits per heavy atom. The predicted molar refractivity (Wildman–Crippen MR) is 97.0 cm³/mol. The molecule has 7 nitrogen and oxygen atoms in total. The highest BCUT2D eigenvalue weighted by atomic mass is 16.5. The second kappa shape index (κ2) is 11.1. The molecule has 2 amide bonds. The van der Waals surface area contributed by atoms with E-state index in [1.54, 1.807) is 25.3 Å². The third-order valence-electron chi connectivity index (χ3n) is 3.08. The summed E-state index contributed by atoms with van der Waals surface area (Å²) in [6, 6.07) is 5.35. The van der Waals surface area contributed by atoms with Crippen LogP contribution in [0.1, 0.15) is 39.2 Å². The molecule has 25 heavy (non-hydrogen) atoms. The molecule has 2 N–H and O–H groups in total. The summed E-state index contributed by atoms with van der Waals surface area (Å²) >= 11 is 0. The van der Waals surface area contributed by atoms with Crippen LogP contribution in [0.4, 0.5) is 0 Å². The average Bonchev–Trinajstić information content (AvgIpc) is 2.58. The quantitative estimate of drug-likeness (QED) is 0.385. The lowest BCUT2D eigenvalue weighted by molar-refractivity contribution is -0.129. The van der Waals surface area contributed by atoms with Gasteiger partial charge in [-0.05, 0) is 36.1 Å². The molecule has 7 heteroatoms. The van der Waals surface area contributed by atoms with Crippen LogP contribution in [-0.4, -0.2) is 38.3 Å². The van der Waals surface area contributed by atoms with Crippen molar-refractivity contribution in [1.29, 1.82) is 0 Å². The normalized spacial score (nSPS) is 10.8. The molecule has 0 aliphatic rings. The van der Waals surface area contributed by atoms with Crippen molar-refractivity contribution in [2.75, 3.05) is 20.3 Å². The Balaban J connectivity index is 2.52. The second-order valence-electron chi connectivity index (χ2n) is 5.93. The molecule has 1 aromatic carbocycles. The van der Waals surface area contributed by atoms with Gasteiger partial charge in [0.25, 0.3) is 0 Å².